The highest BCUT2D eigenvalue weighted by atomic mass is 15.2. The van der Waals surface area contributed by atoms with Crippen LogP contribution in [0.25, 0.3) is 0 Å². The molecule has 56 valence electrons. The molecule has 0 fully saturated rings. The van der Waals surface area contributed by atoms with E-state index in [9.17, 15) is 0 Å². The smallest absolute Gasteiger partial charge is 0.0579 e. The summed E-state index contributed by atoms with van der Waals surface area (Å²) in [6, 6.07) is 0. The summed E-state index contributed by atoms with van der Waals surface area (Å²) in [5, 5.41) is 0. The molecular weight excluding hydrogens is 136 g/mol. The molecule has 2 heteroatoms. The first-order valence-corrected chi connectivity index (χ1v) is 4.14. The quantitative estimate of drug-likeness (QED) is 0.507. The fraction of sp³-hybridized carbons (Fsp3) is 0.444. The van der Waals surface area contributed by atoms with Gasteiger partial charge >= 0.3 is 0 Å². The first-order chi connectivity index (χ1) is 5.45. The van der Waals surface area contributed by atoms with Gasteiger partial charge in [-0.1, -0.05) is 0 Å². The molecule has 3 aliphatic rings. The maximum absolute atomic E-state index is 4.16. The van der Waals surface area contributed by atoms with Crippen LogP contribution in [0.5, 0.6) is 0 Å². The number of fused-ring (bicyclic) bond motifs is 2. The fourth-order valence-corrected chi connectivity index (χ4v) is 1.89. The summed E-state index contributed by atoms with van der Waals surface area (Å²) >= 11 is 0. The molecule has 2 heterocycles. The highest BCUT2D eigenvalue weighted by Gasteiger charge is 2.33. The van der Waals surface area contributed by atoms with Crippen molar-refractivity contribution in [3.05, 3.63) is 23.2 Å². The van der Waals surface area contributed by atoms with Gasteiger partial charge in [0.2, 0.25) is 0 Å². The van der Waals surface area contributed by atoms with Gasteiger partial charge in [0.05, 0.1) is 6.54 Å². The summed E-state index contributed by atoms with van der Waals surface area (Å²) in [5.41, 5.74) is 4.68. The molecule has 0 aromatic carbocycles. The minimum absolute atomic E-state index is 1.00. The van der Waals surface area contributed by atoms with E-state index in [1.54, 1.807) is 11.3 Å². The van der Waals surface area contributed by atoms with Gasteiger partial charge < -0.3 is 4.90 Å². The van der Waals surface area contributed by atoms with Gasteiger partial charge in [-0.2, -0.15) is 0 Å². The third-order valence-electron chi connectivity index (χ3n) is 2.61. The molecule has 0 amide bonds. The molecule has 0 aromatic rings. The van der Waals surface area contributed by atoms with Crippen molar-refractivity contribution < 1.29 is 0 Å². The van der Waals surface area contributed by atoms with Crippen LogP contribution in [0.4, 0.5) is 0 Å². The van der Waals surface area contributed by atoms with Crippen molar-refractivity contribution in [1.82, 2.24) is 4.90 Å². The zero-order chi connectivity index (χ0) is 7.26. The van der Waals surface area contributed by atoms with Crippen LogP contribution >= 0.6 is 0 Å². The number of rotatable bonds is 0. The van der Waals surface area contributed by atoms with Gasteiger partial charge in [0.25, 0.3) is 0 Å². The Bertz CT molecular complexity index is 297. The van der Waals surface area contributed by atoms with Gasteiger partial charge in [-0.05, 0) is 18.4 Å². The standard InChI is InChI=1S/C9H10N2/c1-2-8-6-10-3-4-11(8)9-5-7(1)9/h3,6H,1-2,4-5H2. The second kappa shape index (κ2) is 1.76. The lowest BCUT2D eigenvalue weighted by atomic mass is 10.1. The van der Waals surface area contributed by atoms with E-state index in [1.807, 2.05) is 12.4 Å². The summed E-state index contributed by atoms with van der Waals surface area (Å²) in [6.45, 7) is 1.00. The Balaban J connectivity index is 2.02. The van der Waals surface area contributed by atoms with Crippen LogP contribution in [-0.4, -0.2) is 17.7 Å². The molecule has 0 saturated heterocycles. The van der Waals surface area contributed by atoms with Gasteiger partial charge in [-0.3, -0.25) is 4.99 Å². The van der Waals surface area contributed by atoms with Crippen molar-refractivity contribution in [1.29, 1.82) is 0 Å². The second-order valence-corrected chi connectivity index (χ2v) is 3.29. The zero-order valence-electron chi connectivity index (χ0n) is 6.38. The van der Waals surface area contributed by atoms with Crippen molar-refractivity contribution in [2.45, 2.75) is 19.3 Å². The lowest BCUT2D eigenvalue weighted by molar-refractivity contribution is 0.467. The van der Waals surface area contributed by atoms with Crippen molar-refractivity contribution in [2.24, 2.45) is 4.99 Å². The number of hydrogen-bond donors (Lipinski definition) is 0. The third-order valence-corrected chi connectivity index (χ3v) is 2.61. The van der Waals surface area contributed by atoms with E-state index in [1.165, 1.54) is 25.0 Å². The van der Waals surface area contributed by atoms with Gasteiger partial charge in [-0.15, -0.1) is 0 Å². The van der Waals surface area contributed by atoms with Crippen molar-refractivity contribution >= 4 is 6.21 Å². The Kier molecular flexibility index (Phi) is 0.891. The van der Waals surface area contributed by atoms with E-state index in [0.29, 0.717) is 0 Å². The Hall–Kier alpha value is -1.05. The van der Waals surface area contributed by atoms with E-state index < -0.39 is 0 Å². The van der Waals surface area contributed by atoms with Crippen molar-refractivity contribution in [3.8, 4) is 0 Å². The molecule has 1 aliphatic carbocycles. The highest BCUT2D eigenvalue weighted by Crippen LogP contribution is 2.45. The minimum Gasteiger partial charge on any atom is -0.342 e. The molecule has 11 heavy (non-hydrogen) atoms. The van der Waals surface area contributed by atoms with E-state index >= 15 is 0 Å². The Morgan fingerprint density at radius 1 is 1.36 bits per heavy atom. The van der Waals surface area contributed by atoms with Crippen LogP contribution in [0.3, 0.4) is 0 Å². The molecule has 0 bridgehead atoms. The molecule has 0 saturated carbocycles. The van der Waals surface area contributed by atoms with Gasteiger partial charge in [-0.25, -0.2) is 0 Å². The third kappa shape index (κ3) is 0.694. The predicted molar refractivity (Wildman–Crippen MR) is 44.2 cm³/mol. The SMILES string of the molecule is C1=NC=C2CCC3=C(C3)N2C1. The van der Waals surface area contributed by atoms with Gasteiger partial charge in [0, 0.05) is 30.2 Å². The van der Waals surface area contributed by atoms with Crippen LogP contribution in [0.1, 0.15) is 19.3 Å². The lowest BCUT2D eigenvalue weighted by Crippen LogP contribution is -2.24. The topological polar surface area (TPSA) is 15.6 Å². The van der Waals surface area contributed by atoms with Crippen LogP contribution in [0, 0.1) is 0 Å². The summed E-state index contributed by atoms with van der Waals surface area (Å²) in [6.07, 6.45) is 7.75. The monoisotopic (exact) mass is 146 g/mol. The molecule has 2 nitrogen and oxygen atoms in total. The van der Waals surface area contributed by atoms with Crippen LogP contribution in [0.2, 0.25) is 0 Å². The predicted octanol–water partition coefficient (Wildman–Crippen LogP) is 1.67. The summed E-state index contributed by atoms with van der Waals surface area (Å²) in [4.78, 5) is 6.57. The zero-order valence-corrected chi connectivity index (χ0v) is 6.38. The number of hydrogen-bond acceptors (Lipinski definition) is 2. The Morgan fingerprint density at radius 2 is 2.36 bits per heavy atom. The molecule has 0 unspecified atom stereocenters. The fourth-order valence-electron chi connectivity index (χ4n) is 1.89. The highest BCUT2D eigenvalue weighted by molar-refractivity contribution is 5.64. The summed E-state index contributed by atoms with van der Waals surface area (Å²) in [7, 11) is 0. The second-order valence-electron chi connectivity index (χ2n) is 3.29. The number of aliphatic imine (C=N–C) groups is 1. The number of allylic oxidation sites excluding steroid dienone is 3. The van der Waals surface area contributed by atoms with Crippen molar-refractivity contribution in [2.75, 3.05) is 6.54 Å². The van der Waals surface area contributed by atoms with E-state index in [2.05, 4.69) is 9.89 Å². The molecule has 0 spiro atoms. The molecule has 0 radical (unpaired) electrons. The van der Waals surface area contributed by atoms with Crippen LogP contribution in [0.15, 0.2) is 28.2 Å². The van der Waals surface area contributed by atoms with Gasteiger partial charge in [0.15, 0.2) is 0 Å². The minimum atomic E-state index is 1.00. The summed E-state index contributed by atoms with van der Waals surface area (Å²) in [5.74, 6) is 0. The molecular formula is C9H10N2. The van der Waals surface area contributed by atoms with E-state index in [0.717, 1.165) is 6.54 Å². The summed E-state index contributed by atoms with van der Waals surface area (Å²) < 4.78 is 0. The van der Waals surface area contributed by atoms with Crippen LogP contribution in [-0.2, 0) is 0 Å². The molecule has 0 aromatic heterocycles. The molecule has 2 aliphatic heterocycles. The normalized spacial score (nSPS) is 26.2. The van der Waals surface area contributed by atoms with Gasteiger partial charge in [0.1, 0.15) is 0 Å². The largest absolute Gasteiger partial charge is 0.342 e. The lowest BCUT2D eigenvalue weighted by Gasteiger charge is -2.26. The first kappa shape index (κ1) is 5.58. The number of nitrogens with zero attached hydrogens (tertiary/aromatic N) is 2. The molecule has 0 atom stereocenters. The average Bonchev–Trinajstić information content (AvgIpc) is 2.83. The van der Waals surface area contributed by atoms with E-state index in [-0.39, 0.29) is 0 Å². The maximum atomic E-state index is 4.16. The average molecular weight is 146 g/mol. The Morgan fingerprint density at radius 3 is 3.36 bits per heavy atom. The van der Waals surface area contributed by atoms with Crippen molar-refractivity contribution in [3.63, 3.8) is 0 Å². The van der Waals surface area contributed by atoms with E-state index in [4.69, 9.17) is 0 Å². The van der Waals surface area contributed by atoms with Crippen LogP contribution < -0.4 is 0 Å². The molecule has 3 rings (SSSR count). The maximum Gasteiger partial charge on any atom is 0.0579 e. The first-order valence-electron chi connectivity index (χ1n) is 4.14. The Labute approximate surface area is 65.9 Å². The molecule has 0 N–H and O–H groups in total.